The second kappa shape index (κ2) is 7.21. The van der Waals surface area contributed by atoms with Gasteiger partial charge in [0.05, 0.1) is 0 Å². The predicted molar refractivity (Wildman–Crippen MR) is 61.7 cm³/mol. The summed E-state index contributed by atoms with van der Waals surface area (Å²) in [5, 5.41) is 6.66. The van der Waals surface area contributed by atoms with Crippen LogP contribution in [0.25, 0.3) is 0 Å². The van der Waals surface area contributed by atoms with Crippen molar-refractivity contribution in [2.45, 2.75) is 31.7 Å². The van der Waals surface area contributed by atoms with Crippen LogP contribution in [-0.4, -0.2) is 51.2 Å². The van der Waals surface area contributed by atoms with Crippen LogP contribution in [0.15, 0.2) is 0 Å². The third kappa shape index (κ3) is 4.40. The first-order valence-corrected chi connectivity index (χ1v) is 5.90. The summed E-state index contributed by atoms with van der Waals surface area (Å²) in [4.78, 5) is 2.50. The summed E-state index contributed by atoms with van der Waals surface area (Å²) in [6.07, 6.45) is 5.34. The number of hydrogen-bond acceptors (Lipinski definition) is 3. The Hall–Kier alpha value is -0.120. The second-order valence-corrected chi connectivity index (χ2v) is 4.27. The summed E-state index contributed by atoms with van der Waals surface area (Å²) < 4.78 is 0. The van der Waals surface area contributed by atoms with Gasteiger partial charge in [0, 0.05) is 6.04 Å². The molecule has 1 unspecified atom stereocenters. The molecule has 1 aliphatic heterocycles. The minimum Gasteiger partial charge on any atom is -0.320 e. The lowest BCUT2D eigenvalue weighted by Gasteiger charge is -2.19. The van der Waals surface area contributed by atoms with Gasteiger partial charge in [-0.1, -0.05) is 0 Å². The van der Waals surface area contributed by atoms with E-state index in [1.54, 1.807) is 0 Å². The molecule has 1 saturated heterocycles. The lowest BCUT2D eigenvalue weighted by atomic mass is 10.1. The summed E-state index contributed by atoms with van der Waals surface area (Å²) >= 11 is 0. The third-order valence-electron chi connectivity index (χ3n) is 3.11. The van der Waals surface area contributed by atoms with E-state index in [9.17, 15) is 0 Å². The van der Waals surface area contributed by atoms with Crippen molar-refractivity contribution in [3.63, 3.8) is 0 Å². The van der Waals surface area contributed by atoms with Crippen LogP contribution in [0, 0.1) is 0 Å². The van der Waals surface area contributed by atoms with Crippen molar-refractivity contribution < 1.29 is 0 Å². The van der Waals surface area contributed by atoms with E-state index in [0.717, 1.165) is 19.1 Å². The predicted octanol–water partition coefficient (Wildman–Crippen LogP) is 0.670. The van der Waals surface area contributed by atoms with Gasteiger partial charge in [0.25, 0.3) is 0 Å². The molecule has 1 fully saturated rings. The summed E-state index contributed by atoms with van der Waals surface area (Å²) in [7, 11) is 4.26. The fourth-order valence-electron chi connectivity index (χ4n) is 2.13. The van der Waals surface area contributed by atoms with Crippen LogP contribution < -0.4 is 10.6 Å². The van der Waals surface area contributed by atoms with Gasteiger partial charge in [-0.25, -0.2) is 0 Å². The molecule has 0 saturated carbocycles. The van der Waals surface area contributed by atoms with Crippen LogP contribution >= 0.6 is 0 Å². The molecule has 1 heterocycles. The second-order valence-electron chi connectivity index (χ2n) is 4.27. The topological polar surface area (TPSA) is 27.3 Å². The van der Waals surface area contributed by atoms with Gasteiger partial charge in [0.2, 0.25) is 0 Å². The SMILES string of the molecule is CNCCCNCCC1CCCN1C. The zero-order valence-electron chi connectivity index (χ0n) is 9.68. The van der Waals surface area contributed by atoms with Crippen molar-refractivity contribution in [3.05, 3.63) is 0 Å². The van der Waals surface area contributed by atoms with Crippen LogP contribution in [0.5, 0.6) is 0 Å². The molecule has 1 aliphatic rings. The highest BCUT2D eigenvalue weighted by atomic mass is 15.1. The Kier molecular flexibility index (Phi) is 6.15. The van der Waals surface area contributed by atoms with Crippen LogP contribution in [0.1, 0.15) is 25.7 Å². The summed E-state index contributed by atoms with van der Waals surface area (Å²) in [5.74, 6) is 0. The normalized spacial score (nSPS) is 23.1. The Labute approximate surface area is 88.2 Å². The average Bonchev–Trinajstić information content (AvgIpc) is 2.58. The highest BCUT2D eigenvalue weighted by Crippen LogP contribution is 2.16. The van der Waals surface area contributed by atoms with Gasteiger partial charge >= 0.3 is 0 Å². The average molecular weight is 199 g/mol. The van der Waals surface area contributed by atoms with E-state index in [2.05, 4.69) is 22.6 Å². The Morgan fingerprint density at radius 2 is 2.14 bits per heavy atom. The van der Waals surface area contributed by atoms with Gasteiger partial charge in [-0.05, 0) is 66.0 Å². The quantitative estimate of drug-likeness (QED) is 0.590. The highest BCUT2D eigenvalue weighted by Gasteiger charge is 2.19. The lowest BCUT2D eigenvalue weighted by Crippen LogP contribution is -2.30. The van der Waals surface area contributed by atoms with Gasteiger partial charge in [-0.2, -0.15) is 0 Å². The standard InChI is InChI=1S/C11H25N3/c1-12-7-4-8-13-9-6-11-5-3-10-14(11)2/h11-13H,3-10H2,1-2H3. The largest absolute Gasteiger partial charge is 0.320 e. The number of hydrogen-bond donors (Lipinski definition) is 2. The number of nitrogens with zero attached hydrogens (tertiary/aromatic N) is 1. The fourth-order valence-corrected chi connectivity index (χ4v) is 2.13. The molecule has 0 aliphatic carbocycles. The molecule has 0 spiro atoms. The molecule has 1 atom stereocenters. The molecular weight excluding hydrogens is 174 g/mol. The van der Waals surface area contributed by atoms with Crippen LogP contribution in [-0.2, 0) is 0 Å². The zero-order chi connectivity index (χ0) is 10.2. The first-order chi connectivity index (χ1) is 6.84. The zero-order valence-corrected chi connectivity index (χ0v) is 9.68. The Morgan fingerprint density at radius 3 is 2.79 bits per heavy atom. The molecule has 0 amide bonds. The van der Waals surface area contributed by atoms with E-state index in [1.807, 2.05) is 7.05 Å². The van der Waals surface area contributed by atoms with Gasteiger partial charge in [0.15, 0.2) is 0 Å². The van der Waals surface area contributed by atoms with Gasteiger partial charge < -0.3 is 15.5 Å². The molecule has 0 radical (unpaired) electrons. The van der Waals surface area contributed by atoms with Crippen molar-refractivity contribution >= 4 is 0 Å². The van der Waals surface area contributed by atoms with E-state index < -0.39 is 0 Å². The lowest BCUT2D eigenvalue weighted by molar-refractivity contribution is 0.293. The highest BCUT2D eigenvalue weighted by molar-refractivity contribution is 4.76. The molecule has 14 heavy (non-hydrogen) atoms. The van der Waals surface area contributed by atoms with Crippen molar-refractivity contribution in [1.82, 2.24) is 15.5 Å². The molecule has 84 valence electrons. The molecule has 0 aromatic rings. The number of nitrogens with one attached hydrogen (secondary N) is 2. The van der Waals surface area contributed by atoms with Crippen molar-refractivity contribution in [2.24, 2.45) is 0 Å². The Balaban J connectivity index is 1.88. The summed E-state index contributed by atoms with van der Waals surface area (Å²) in [6, 6.07) is 0.840. The van der Waals surface area contributed by atoms with Crippen LogP contribution in [0.3, 0.4) is 0 Å². The minimum atomic E-state index is 0.840. The first kappa shape index (κ1) is 12.0. The molecule has 0 aromatic heterocycles. The van der Waals surface area contributed by atoms with Crippen molar-refractivity contribution in [2.75, 3.05) is 40.3 Å². The molecule has 0 aromatic carbocycles. The number of likely N-dealkylation sites (tertiary alicyclic amines) is 1. The first-order valence-electron chi connectivity index (χ1n) is 5.90. The number of rotatable bonds is 7. The Morgan fingerprint density at radius 1 is 1.29 bits per heavy atom. The van der Waals surface area contributed by atoms with E-state index in [-0.39, 0.29) is 0 Å². The van der Waals surface area contributed by atoms with E-state index in [1.165, 1.54) is 38.8 Å². The summed E-state index contributed by atoms with van der Waals surface area (Å²) in [5.41, 5.74) is 0. The molecule has 1 rings (SSSR count). The van der Waals surface area contributed by atoms with Crippen LogP contribution in [0.4, 0.5) is 0 Å². The third-order valence-corrected chi connectivity index (χ3v) is 3.11. The maximum absolute atomic E-state index is 3.50. The van der Waals surface area contributed by atoms with E-state index in [0.29, 0.717) is 0 Å². The minimum absolute atomic E-state index is 0.840. The Bertz CT molecular complexity index is 138. The maximum atomic E-state index is 3.50. The molecule has 0 bridgehead atoms. The van der Waals surface area contributed by atoms with Crippen LogP contribution in [0.2, 0.25) is 0 Å². The van der Waals surface area contributed by atoms with Gasteiger partial charge in [-0.15, -0.1) is 0 Å². The van der Waals surface area contributed by atoms with Gasteiger partial charge in [0.1, 0.15) is 0 Å². The maximum Gasteiger partial charge on any atom is 0.0105 e. The van der Waals surface area contributed by atoms with E-state index >= 15 is 0 Å². The monoisotopic (exact) mass is 199 g/mol. The smallest absolute Gasteiger partial charge is 0.0105 e. The van der Waals surface area contributed by atoms with Crippen molar-refractivity contribution in [1.29, 1.82) is 0 Å². The molecule has 3 heteroatoms. The van der Waals surface area contributed by atoms with Gasteiger partial charge in [-0.3, -0.25) is 0 Å². The molecular formula is C11H25N3. The molecule has 2 N–H and O–H groups in total. The fraction of sp³-hybridized carbons (Fsp3) is 1.00. The van der Waals surface area contributed by atoms with E-state index in [4.69, 9.17) is 0 Å². The summed E-state index contributed by atoms with van der Waals surface area (Å²) in [6.45, 7) is 4.75. The van der Waals surface area contributed by atoms with Crippen molar-refractivity contribution in [3.8, 4) is 0 Å². The molecule has 3 nitrogen and oxygen atoms in total.